The van der Waals surface area contributed by atoms with E-state index in [-0.39, 0.29) is 6.42 Å². The number of hydrogen-bond acceptors (Lipinski definition) is 5. The Morgan fingerprint density at radius 3 is 2.62 bits per heavy atom. The highest BCUT2D eigenvalue weighted by molar-refractivity contribution is 7.19. The van der Waals surface area contributed by atoms with Crippen molar-refractivity contribution < 1.29 is 19.4 Å². The number of halogens is 1. The van der Waals surface area contributed by atoms with Crippen molar-refractivity contribution in [2.75, 3.05) is 7.11 Å². The van der Waals surface area contributed by atoms with Crippen molar-refractivity contribution in [2.45, 2.75) is 13.0 Å². The molecule has 4 aromatic rings. The maximum Gasteiger partial charge on any atom is 0.307 e. The van der Waals surface area contributed by atoms with Gasteiger partial charge in [-0.05, 0) is 47.5 Å². The number of rotatable bonds is 8. The topological polar surface area (TPSA) is 68.7 Å². The summed E-state index contributed by atoms with van der Waals surface area (Å²) in [7, 11) is 1.57. The van der Waals surface area contributed by atoms with E-state index in [1.165, 1.54) is 11.3 Å². The summed E-state index contributed by atoms with van der Waals surface area (Å²) < 4.78 is 12.4. The lowest BCUT2D eigenvalue weighted by molar-refractivity contribution is -0.135. The summed E-state index contributed by atoms with van der Waals surface area (Å²) in [6, 6.07) is 20.7. The minimum Gasteiger partial charge on any atom is -0.493 e. The summed E-state index contributed by atoms with van der Waals surface area (Å²) in [5, 5.41) is 10.7. The third kappa shape index (κ3) is 5.10. The third-order valence-corrected chi connectivity index (χ3v) is 6.26. The molecule has 0 saturated carbocycles. The molecule has 32 heavy (non-hydrogen) atoms. The molecule has 1 heterocycles. The van der Waals surface area contributed by atoms with Gasteiger partial charge >= 0.3 is 5.97 Å². The molecule has 162 valence electrons. The second-order valence-electron chi connectivity index (χ2n) is 7.02. The summed E-state index contributed by atoms with van der Waals surface area (Å²) in [5.74, 6) is 0.205. The van der Waals surface area contributed by atoms with Crippen molar-refractivity contribution in [3.63, 3.8) is 0 Å². The first kappa shape index (κ1) is 21.9. The Kier molecular flexibility index (Phi) is 6.73. The van der Waals surface area contributed by atoms with Gasteiger partial charge in [-0.2, -0.15) is 0 Å². The van der Waals surface area contributed by atoms with Gasteiger partial charge in [0.2, 0.25) is 0 Å². The molecule has 0 saturated heterocycles. The van der Waals surface area contributed by atoms with E-state index in [0.29, 0.717) is 33.7 Å². The number of carboxylic acid groups (broad SMARTS) is 1. The summed E-state index contributed by atoms with van der Waals surface area (Å²) in [5.41, 5.74) is 3.15. The highest BCUT2D eigenvalue weighted by atomic mass is 35.5. The molecule has 5 nitrogen and oxygen atoms in total. The fourth-order valence-electron chi connectivity index (χ4n) is 3.23. The minimum atomic E-state index is -0.915. The predicted octanol–water partition coefficient (Wildman–Crippen LogP) is 6.55. The highest BCUT2D eigenvalue weighted by Crippen LogP contribution is 2.33. The van der Waals surface area contributed by atoms with Gasteiger partial charge in [0.25, 0.3) is 0 Å². The van der Waals surface area contributed by atoms with Crippen molar-refractivity contribution in [1.82, 2.24) is 4.98 Å². The van der Waals surface area contributed by atoms with Crippen molar-refractivity contribution in [3.8, 4) is 11.5 Å². The number of carboxylic acids is 1. The molecule has 1 aromatic heterocycles. The van der Waals surface area contributed by atoms with Gasteiger partial charge in [-0.25, -0.2) is 4.98 Å². The van der Waals surface area contributed by atoms with E-state index in [4.69, 9.17) is 21.1 Å². The molecule has 0 radical (unpaired) electrons. The summed E-state index contributed by atoms with van der Waals surface area (Å²) in [6.45, 7) is 0.307. The molecule has 3 aromatic carbocycles. The Morgan fingerprint density at radius 2 is 1.88 bits per heavy atom. The van der Waals surface area contributed by atoms with Crippen molar-refractivity contribution in [2.24, 2.45) is 0 Å². The van der Waals surface area contributed by atoms with Gasteiger partial charge in [-0.3, -0.25) is 4.79 Å². The lowest BCUT2D eigenvalue weighted by Crippen LogP contribution is -1.99. The number of carbonyl (C=O) groups is 1. The second-order valence-corrected chi connectivity index (χ2v) is 8.46. The largest absolute Gasteiger partial charge is 0.493 e. The van der Waals surface area contributed by atoms with Crippen LogP contribution in [0, 0.1) is 0 Å². The minimum absolute atomic E-state index is 0.132. The molecule has 0 bridgehead atoms. The predicted molar refractivity (Wildman–Crippen MR) is 129 cm³/mol. The van der Waals surface area contributed by atoms with Crippen molar-refractivity contribution in [1.29, 1.82) is 0 Å². The van der Waals surface area contributed by atoms with Crippen LogP contribution in [0.1, 0.15) is 22.6 Å². The summed E-state index contributed by atoms with van der Waals surface area (Å²) in [4.78, 5) is 16.1. The maximum absolute atomic E-state index is 11.5. The van der Waals surface area contributed by atoms with Crippen LogP contribution in [0.15, 0.2) is 66.7 Å². The molecule has 0 aliphatic carbocycles. The van der Waals surface area contributed by atoms with Crippen LogP contribution in [0.2, 0.25) is 5.02 Å². The third-order valence-electron chi connectivity index (χ3n) is 4.78. The first-order valence-corrected chi connectivity index (χ1v) is 11.1. The normalized spacial score (nSPS) is 11.5. The van der Waals surface area contributed by atoms with E-state index in [0.717, 1.165) is 21.3 Å². The average molecular weight is 466 g/mol. The number of hydrogen-bond donors (Lipinski definition) is 1. The fraction of sp³-hybridized carbons (Fsp3) is 0.120. The zero-order valence-corrected chi connectivity index (χ0v) is 18.8. The summed E-state index contributed by atoms with van der Waals surface area (Å²) >= 11 is 7.68. The molecule has 0 spiro atoms. The van der Waals surface area contributed by atoms with Gasteiger partial charge < -0.3 is 14.6 Å². The summed E-state index contributed by atoms with van der Waals surface area (Å²) in [6.07, 6.45) is 1.69. The van der Waals surface area contributed by atoms with Gasteiger partial charge in [0.15, 0.2) is 11.5 Å². The van der Waals surface area contributed by atoms with Gasteiger partial charge in [0, 0.05) is 10.6 Å². The van der Waals surface area contributed by atoms with Crippen molar-refractivity contribution in [3.05, 3.63) is 87.9 Å². The molecule has 0 amide bonds. The number of ether oxygens (including phenoxy) is 2. The molecule has 0 atom stereocenters. The average Bonchev–Trinajstić information content (AvgIpc) is 3.22. The molecule has 7 heteroatoms. The number of aliphatic carboxylic acids is 1. The first-order chi connectivity index (χ1) is 15.5. The Labute approximate surface area is 194 Å². The van der Waals surface area contributed by atoms with Crippen LogP contribution in [0.4, 0.5) is 0 Å². The number of thiazole rings is 1. The highest BCUT2D eigenvalue weighted by Gasteiger charge is 2.14. The molecule has 4 rings (SSSR count). The fourth-order valence-corrected chi connectivity index (χ4v) is 4.40. The standard InChI is InChI=1S/C25H20ClNO4S/c1-30-22-13-16(10-11-21(22)31-15-17-6-2-3-7-19(17)26)12-18(14-24(28)29)25-27-20-8-4-5-9-23(20)32-25/h2-13H,14-15H2,1H3,(H,28,29)/b18-12+. The van der Waals surface area contributed by atoms with Crippen LogP contribution >= 0.6 is 22.9 Å². The molecular weight excluding hydrogens is 446 g/mol. The van der Waals surface area contributed by atoms with E-state index in [1.807, 2.05) is 66.7 Å². The number of aromatic nitrogens is 1. The number of methoxy groups -OCH3 is 1. The molecule has 1 N–H and O–H groups in total. The number of fused-ring (bicyclic) bond motifs is 1. The number of para-hydroxylation sites is 1. The van der Waals surface area contributed by atoms with Crippen LogP contribution in [-0.2, 0) is 11.4 Å². The maximum atomic E-state index is 11.5. The lowest BCUT2D eigenvalue weighted by atomic mass is 10.1. The lowest BCUT2D eigenvalue weighted by Gasteiger charge is -2.12. The monoisotopic (exact) mass is 465 g/mol. The first-order valence-electron chi connectivity index (χ1n) is 9.86. The van der Waals surface area contributed by atoms with E-state index in [9.17, 15) is 9.90 Å². The van der Waals surface area contributed by atoms with Crippen LogP contribution in [-0.4, -0.2) is 23.2 Å². The smallest absolute Gasteiger partial charge is 0.307 e. The van der Waals surface area contributed by atoms with Crippen LogP contribution in [0.25, 0.3) is 21.9 Å². The molecule has 0 aliphatic rings. The van der Waals surface area contributed by atoms with E-state index >= 15 is 0 Å². The van der Waals surface area contributed by atoms with Crippen LogP contribution in [0.5, 0.6) is 11.5 Å². The molecular formula is C25H20ClNO4S. The van der Waals surface area contributed by atoms with Crippen molar-refractivity contribution >= 4 is 50.8 Å². The van der Waals surface area contributed by atoms with Gasteiger partial charge in [0.1, 0.15) is 11.6 Å². The van der Waals surface area contributed by atoms with Gasteiger partial charge in [-0.15, -0.1) is 11.3 Å². The quantitative estimate of drug-likeness (QED) is 0.319. The zero-order chi connectivity index (χ0) is 22.5. The van der Waals surface area contributed by atoms with Crippen LogP contribution in [0.3, 0.4) is 0 Å². The Balaban J connectivity index is 1.63. The van der Waals surface area contributed by atoms with Gasteiger partial charge in [0.05, 0.1) is 23.7 Å². The molecule has 0 fully saturated rings. The Morgan fingerprint density at radius 1 is 1.09 bits per heavy atom. The SMILES string of the molecule is COc1cc(/C=C(\CC(=O)O)c2nc3ccccc3s2)ccc1OCc1ccccc1Cl. The van der Waals surface area contributed by atoms with Gasteiger partial charge in [-0.1, -0.05) is 48.0 Å². The molecule has 0 unspecified atom stereocenters. The van der Waals surface area contributed by atoms with E-state index < -0.39 is 5.97 Å². The van der Waals surface area contributed by atoms with E-state index in [2.05, 4.69) is 4.98 Å². The van der Waals surface area contributed by atoms with Crippen LogP contribution < -0.4 is 9.47 Å². The molecule has 0 aliphatic heterocycles. The second kappa shape index (κ2) is 9.85. The van der Waals surface area contributed by atoms with E-state index in [1.54, 1.807) is 13.2 Å². The Bertz CT molecular complexity index is 1270. The zero-order valence-electron chi connectivity index (χ0n) is 17.2. The number of nitrogens with zero attached hydrogens (tertiary/aromatic N) is 1. The Hall–Kier alpha value is -3.35. The number of benzene rings is 3.